The lowest BCUT2D eigenvalue weighted by Crippen LogP contribution is -2.43. The highest BCUT2D eigenvalue weighted by Crippen LogP contribution is 2.31. The summed E-state index contributed by atoms with van der Waals surface area (Å²) in [6.45, 7) is 0. The van der Waals surface area contributed by atoms with E-state index in [9.17, 15) is 0 Å². The summed E-state index contributed by atoms with van der Waals surface area (Å²) >= 11 is 1.86. The molecule has 1 aromatic rings. The van der Waals surface area contributed by atoms with E-state index in [1.54, 1.807) is 0 Å². The standard InChI is InChI=1S/C12H20N2S/c13-14-12(10-4-1-5-10)8-2-6-11-7-3-9-15-11/h3,7,9-10,12,14H,1-2,4-6,8,13H2. The van der Waals surface area contributed by atoms with Crippen LogP contribution in [0.4, 0.5) is 0 Å². The number of aryl methyl sites for hydroxylation is 1. The fraction of sp³-hybridized carbons (Fsp3) is 0.667. The van der Waals surface area contributed by atoms with E-state index in [0.717, 1.165) is 5.92 Å². The van der Waals surface area contributed by atoms with Gasteiger partial charge in [-0.3, -0.25) is 11.3 Å². The highest BCUT2D eigenvalue weighted by atomic mass is 32.1. The van der Waals surface area contributed by atoms with E-state index in [0.29, 0.717) is 6.04 Å². The first-order valence-corrected chi connectivity index (χ1v) is 6.76. The number of rotatable bonds is 6. The minimum Gasteiger partial charge on any atom is -0.271 e. The Morgan fingerprint density at radius 1 is 1.53 bits per heavy atom. The van der Waals surface area contributed by atoms with Gasteiger partial charge < -0.3 is 0 Å². The first-order chi connectivity index (χ1) is 7.40. The second-order valence-corrected chi connectivity index (χ2v) is 5.47. The molecule has 1 fully saturated rings. The first-order valence-electron chi connectivity index (χ1n) is 5.88. The van der Waals surface area contributed by atoms with Gasteiger partial charge in [-0.15, -0.1) is 11.3 Å². The summed E-state index contributed by atoms with van der Waals surface area (Å²) in [5.41, 5.74) is 2.99. The largest absolute Gasteiger partial charge is 0.271 e. The number of thiophene rings is 1. The molecular formula is C12H20N2S. The molecule has 1 atom stereocenters. The zero-order valence-electron chi connectivity index (χ0n) is 9.11. The van der Waals surface area contributed by atoms with Gasteiger partial charge in [0.25, 0.3) is 0 Å². The molecule has 0 aliphatic heterocycles. The minimum atomic E-state index is 0.554. The van der Waals surface area contributed by atoms with E-state index in [4.69, 9.17) is 5.84 Å². The van der Waals surface area contributed by atoms with Crippen LogP contribution in [0.3, 0.4) is 0 Å². The molecule has 1 aromatic heterocycles. The maximum absolute atomic E-state index is 5.60. The van der Waals surface area contributed by atoms with E-state index in [2.05, 4.69) is 22.9 Å². The summed E-state index contributed by atoms with van der Waals surface area (Å²) in [6, 6.07) is 4.91. The molecule has 2 rings (SSSR count). The third-order valence-electron chi connectivity index (χ3n) is 3.45. The normalized spacial score (nSPS) is 18.7. The fourth-order valence-electron chi connectivity index (χ4n) is 2.25. The molecule has 0 aromatic carbocycles. The smallest absolute Gasteiger partial charge is 0.0238 e. The second kappa shape index (κ2) is 5.64. The van der Waals surface area contributed by atoms with Crippen molar-refractivity contribution in [2.75, 3.05) is 0 Å². The van der Waals surface area contributed by atoms with Crippen LogP contribution in [0.1, 0.15) is 37.0 Å². The van der Waals surface area contributed by atoms with Crippen LogP contribution in [-0.2, 0) is 6.42 Å². The van der Waals surface area contributed by atoms with Gasteiger partial charge in [-0.05, 0) is 49.5 Å². The summed E-state index contributed by atoms with van der Waals surface area (Å²) in [5.74, 6) is 6.44. The Balaban J connectivity index is 1.67. The number of hydrazine groups is 1. The Morgan fingerprint density at radius 3 is 2.93 bits per heavy atom. The van der Waals surface area contributed by atoms with Gasteiger partial charge in [0, 0.05) is 10.9 Å². The average Bonchev–Trinajstić information content (AvgIpc) is 2.66. The van der Waals surface area contributed by atoms with Crippen LogP contribution in [-0.4, -0.2) is 6.04 Å². The molecule has 0 spiro atoms. The summed E-state index contributed by atoms with van der Waals surface area (Å²) in [5, 5.41) is 2.15. The van der Waals surface area contributed by atoms with Crippen LogP contribution in [0.15, 0.2) is 17.5 Å². The van der Waals surface area contributed by atoms with Gasteiger partial charge in [0.15, 0.2) is 0 Å². The molecule has 0 amide bonds. The van der Waals surface area contributed by atoms with Crippen molar-refractivity contribution >= 4 is 11.3 Å². The summed E-state index contributed by atoms with van der Waals surface area (Å²) in [4.78, 5) is 1.50. The van der Waals surface area contributed by atoms with Gasteiger partial charge in [0.1, 0.15) is 0 Å². The molecule has 15 heavy (non-hydrogen) atoms. The number of hydrogen-bond acceptors (Lipinski definition) is 3. The van der Waals surface area contributed by atoms with Crippen molar-refractivity contribution in [1.29, 1.82) is 0 Å². The van der Waals surface area contributed by atoms with Gasteiger partial charge in [-0.2, -0.15) is 0 Å². The molecule has 1 aliphatic carbocycles. The molecule has 2 nitrogen and oxygen atoms in total. The van der Waals surface area contributed by atoms with Gasteiger partial charge in [-0.25, -0.2) is 0 Å². The Bertz CT molecular complexity index is 267. The molecule has 0 radical (unpaired) electrons. The molecule has 0 bridgehead atoms. The monoisotopic (exact) mass is 224 g/mol. The van der Waals surface area contributed by atoms with Crippen LogP contribution in [0, 0.1) is 5.92 Å². The van der Waals surface area contributed by atoms with Crippen molar-refractivity contribution in [3.63, 3.8) is 0 Å². The van der Waals surface area contributed by atoms with Crippen molar-refractivity contribution in [1.82, 2.24) is 5.43 Å². The van der Waals surface area contributed by atoms with Crippen molar-refractivity contribution in [3.05, 3.63) is 22.4 Å². The summed E-state index contributed by atoms with van der Waals surface area (Å²) in [7, 11) is 0. The van der Waals surface area contributed by atoms with E-state index in [-0.39, 0.29) is 0 Å². The predicted octanol–water partition coefficient (Wildman–Crippen LogP) is 2.70. The van der Waals surface area contributed by atoms with Crippen molar-refractivity contribution < 1.29 is 0 Å². The van der Waals surface area contributed by atoms with E-state index >= 15 is 0 Å². The Kier molecular flexibility index (Phi) is 4.18. The molecule has 3 heteroatoms. The van der Waals surface area contributed by atoms with Crippen LogP contribution in [0.2, 0.25) is 0 Å². The van der Waals surface area contributed by atoms with Crippen molar-refractivity contribution in [3.8, 4) is 0 Å². The van der Waals surface area contributed by atoms with Crippen molar-refractivity contribution in [2.45, 2.75) is 44.6 Å². The highest BCUT2D eigenvalue weighted by Gasteiger charge is 2.25. The van der Waals surface area contributed by atoms with E-state index in [1.165, 1.54) is 43.4 Å². The molecular weight excluding hydrogens is 204 g/mol. The number of nitrogens with two attached hydrogens (primary N) is 1. The Hall–Kier alpha value is -0.380. The second-order valence-electron chi connectivity index (χ2n) is 4.44. The lowest BCUT2D eigenvalue weighted by molar-refractivity contribution is 0.218. The number of hydrogen-bond donors (Lipinski definition) is 2. The van der Waals surface area contributed by atoms with Crippen LogP contribution in [0.25, 0.3) is 0 Å². The third-order valence-corrected chi connectivity index (χ3v) is 4.39. The maximum Gasteiger partial charge on any atom is 0.0238 e. The maximum atomic E-state index is 5.60. The van der Waals surface area contributed by atoms with E-state index in [1.807, 2.05) is 11.3 Å². The van der Waals surface area contributed by atoms with Gasteiger partial charge in [0.2, 0.25) is 0 Å². The highest BCUT2D eigenvalue weighted by molar-refractivity contribution is 7.09. The Morgan fingerprint density at radius 2 is 2.40 bits per heavy atom. The average molecular weight is 224 g/mol. The molecule has 1 aliphatic rings. The lowest BCUT2D eigenvalue weighted by atomic mass is 9.78. The van der Waals surface area contributed by atoms with Crippen LogP contribution < -0.4 is 11.3 Å². The van der Waals surface area contributed by atoms with Gasteiger partial charge >= 0.3 is 0 Å². The minimum absolute atomic E-state index is 0.554. The summed E-state index contributed by atoms with van der Waals surface area (Å²) in [6.07, 6.45) is 7.82. The van der Waals surface area contributed by atoms with Crippen LogP contribution >= 0.6 is 11.3 Å². The quantitative estimate of drug-likeness (QED) is 0.576. The molecule has 1 saturated carbocycles. The van der Waals surface area contributed by atoms with Crippen molar-refractivity contribution in [2.24, 2.45) is 11.8 Å². The molecule has 3 N–H and O–H groups in total. The van der Waals surface area contributed by atoms with Crippen LogP contribution in [0.5, 0.6) is 0 Å². The topological polar surface area (TPSA) is 38.0 Å². The fourth-order valence-corrected chi connectivity index (χ4v) is 3.00. The molecule has 0 saturated heterocycles. The van der Waals surface area contributed by atoms with E-state index < -0.39 is 0 Å². The lowest BCUT2D eigenvalue weighted by Gasteiger charge is -2.33. The molecule has 84 valence electrons. The van der Waals surface area contributed by atoms with Gasteiger partial charge in [-0.1, -0.05) is 12.5 Å². The molecule has 1 heterocycles. The summed E-state index contributed by atoms with van der Waals surface area (Å²) < 4.78 is 0. The Labute approximate surface area is 95.8 Å². The molecule has 1 unspecified atom stereocenters. The predicted molar refractivity (Wildman–Crippen MR) is 65.7 cm³/mol. The third kappa shape index (κ3) is 3.03. The number of nitrogens with one attached hydrogen (secondary N) is 1. The van der Waals surface area contributed by atoms with Gasteiger partial charge in [0.05, 0.1) is 0 Å². The SMILES string of the molecule is NNC(CCCc1cccs1)C1CCC1. The zero-order chi connectivity index (χ0) is 10.5. The zero-order valence-corrected chi connectivity index (χ0v) is 9.93. The first kappa shape index (κ1) is 11.1.